The molecule has 0 radical (unpaired) electrons. The second kappa shape index (κ2) is 6.08. The molecule has 0 saturated heterocycles. The topological polar surface area (TPSA) is 52.3 Å². The van der Waals surface area contributed by atoms with Gasteiger partial charge in [-0.1, -0.05) is 18.2 Å². The molecule has 0 amide bonds. The molecule has 3 heteroatoms. The Bertz CT molecular complexity index is 374. The first kappa shape index (κ1) is 12.5. The lowest BCUT2D eigenvalue weighted by Gasteiger charge is -2.11. The monoisotopic (exact) mass is 219 g/mol. The highest BCUT2D eigenvalue weighted by atomic mass is 16.5. The second-order valence-electron chi connectivity index (χ2n) is 3.59. The van der Waals surface area contributed by atoms with Gasteiger partial charge in [-0.3, -0.25) is 0 Å². The molecule has 0 fully saturated rings. The van der Waals surface area contributed by atoms with Gasteiger partial charge in [0.1, 0.15) is 0 Å². The van der Waals surface area contributed by atoms with E-state index in [2.05, 4.69) is 11.3 Å². The van der Waals surface area contributed by atoms with Gasteiger partial charge < -0.3 is 10.5 Å². The highest BCUT2D eigenvalue weighted by Gasteiger charge is 2.09. The summed E-state index contributed by atoms with van der Waals surface area (Å²) in [6, 6.07) is 7.16. The average molecular weight is 219 g/mol. The first-order chi connectivity index (χ1) is 7.69. The zero-order valence-electron chi connectivity index (χ0n) is 9.48. The van der Waals surface area contributed by atoms with Crippen molar-refractivity contribution in [3.05, 3.63) is 48.0 Å². The van der Waals surface area contributed by atoms with Crippen molar-refractivity contribution < 1.29 is 9.53 Å². The summed E-state index contributed by atoms with van der Waals surface area (Å²) in [5.74, 6) is -0.335. The fourth-order valence-corrected chi connectivity index (χ4v) is 1.48. The van der Waals surface area contributed by atoms with E-state index in [0.717, 1.165) is 18.4 Å². The number of esters is 1. The maximum Gasteiger partial charge on any atom is 0.337 e. The Balaban J connectivity index is 2.80. The van der Waals surface area contributed by atoms with E-state index in [1.165, 1.54) is 7.11 Å². The Kier molecular flexibility index (Phi) is 4.73. The van der Waals surface area contributed by atoms with Crippen LogP contribution in [0.2, 0.25) is 0 Å². The van der Waals surface area contributed by atoms with Crippen LogP contribution in [0.5, 0.6) is 0 Å². The molecule has 1 aromatic rings. The molecule has 0 aromatic heterocycles. The Hall–Kier alpha value is -1.61. The van der Waals surface area contributed by atoms with Gasteiger partial charge in [-0.25, -0.2) is 4.79 Å². The van der Waals surface area contributed by atoms with Gasteiger partial charge in [0.2, 0.25) is 0 Å². The third kappa shape index (κ3) is 3.21. The predicted octanol–water partition coefficient (Wildman–Crippen LogP) is 2.44. The summed E-state index contributed by atoms with van der Waals surface area (Å²) in [7, 11) is 1.37. The van der Waals surface area contributed by atoms with Crippen molar-refractivity contribution >= 4 is 5.97 Å². The van der Waals surface area contributed by atoms with Crippen LogP contribution in [-0.2, 0) is 4.74 Å². The van der Waals surface area contributed by atoms with Crippen LogP contribution in [0.15, 0.2) is 36.9 Å². The van der Waals surface area contributed by atoms with Crippen molar-refractivity contribution in [2.24, 2.45) is 5.73 Å². The number of allylic oxidation sites excluding steroid dienone is 1. The van der Waals surface area contributed by atoms with Gasteiger partial charge in [0.05, 0.1) is 12.7 Å². The minimum absolute atomic E-state index is 0.0670. The van der Waals surface area contributed by atoms with E-state index in [-0.39, 0.29) is 12.0 Å². The molecule has 86 valence electrons. The quantitative estimate of drug-likeness (QED) is 0.611. The van der Waals surface area contributed by atoms with Crippen LogP contribution in [0.25, 0.3) is 0 Å². The molecule has 0 bridgehead atoms. The van der Waals surface area contributed by atoms with E-state index >= 15 is 0 Å². The van der Waals surface area contributed by atoms with E-state index in [1.807, 2.05) is 18.2 Å². The van der Waals surface area contributed by atoms with Crippen molar-refractivity contribution in [3.63, 3.8) is 0 Å². The summed E-state index contributed by atoms with van der Waals surface area (Å²) in [5.41, 5.74) is 7.48. The Morgan fingerprint density at radius 2 is 2.38 bits per heavy atom. The number of benzene rings is 1. The van der Waals surface area contributed by atoms with Crippen LogP contribution in [0.4, 0.5) is 0 Å². The summed E-state index contributed by atoms with van der Waals surface area (Å²) in [4.78, 5) is 11.3. The lowest BCUT2D eigenvalue weighted by molar-refractivity contribution is 0.0600. The minimum atomic E-state index is -0.335. The molecule has 0 aliphatic heterocycles. The van der Waals surface area contributed by atoms with Gasteiger partial charge in [-0.15, -0.1) is 6.58 Å². The van der Waals surface area contributed by atoms with Crippen molar-refractivity contribution in [2.45, 2.75) is 18.9 Å². The number of rotatable bonds is 5. The van der Waals surface area contributed by atoms with Gasteiger partial charge >= 0.3 is 5.97 Å². The van der Waals surface area contributed by atoms with Crippen molar-refractivity contribution in [1.29, 1.82) is 0 Å². The number of hydrogen-bond acceptors (Lipinski definition) is 3. The second-order valence-corrected chi connectivity index (χ2v) is 3.59. The summed E-state index contributed by atoms with van der Waals surface area (Å²) in [6.45, 7) is 3.66. The zero-order valence-corrected chi connectivity index (χ0v) is 9.48. The average Bonchev–Trinajstić information content (AvgIpc) is 2.35. The van der Waals surface area contributed by atoms with Gasteiger partial charge in [-0.2, -0.15) is 0 Å². The van der Waals surface area contributed by atoms with E-state index in [1.54, 1.807) is 12.1 Å². The largest absolute Gasteiger partial charge is 0.465 e. The summed E-state index contributed by atoms with van der Waals surface area (Å²) < 4.78 is 4.66. The predicted molar refractivity (Wildman–Crippen MR) is 64.1 cm³/mol. The van der Waals surface area contributed by atoms with Crippen LogP contribution < -0.4 is 5.73 Å². The maximum atomic E-state index is 11.3. The Morgan fingerprint density at radius 1 is 1.62 bits per heavy atom. The highest BCUT2D eigenvalue weighted by Crippen LogP contribution is 2.17. The number of methoxy groups -OCH3 is 1. The first-order valence-electron chi connectivity index (χ1n) is 5.23. The minimum Gasteiger partial charge on any atom is -0.465 e. The molecule has 16 heavy (non-hydrogen) atoms. The molecule has 0 unspecified atom stereocenters. The normalized spacial score (nSPS) is 11.9. The molecule has 0 spiro atoms. The SMILES string of the molecule is C=CCC[C@@H](N)c1cccc(C(=O)OC)c1. The van der Waals surface area contributed by atoms with Gasteiger partial charge in [0.25, 0.3) is 0 Å². The number of nitrogens with two attached hydrogens (primary N) is 1. The molecule has 3 nitrogen and oxygen atoms in total. The van der Waals surface area contributed by atoms with E-state index < -0.39 is 0 Å². The van der Waals surface area contributed by atoms with Gasteiger partial charge in [0.15, 0.2) is 0 Å². The molecule has 1 rings (SSSR count). The number of ether oxygens (including phenoxy) is 1. The Morgan fingerprint density at radius 3 is 3.00 bits per heavy atom. The summed E-state index contributed by atoms with van der Waals surface area (Å²) >= 11 is 0. The lowest BCUT2D eigenvalue weighted by Crippen LogP contribution is -2.11. The third-order valence-corrected chi connectivity index (χ3v) is 2.42. The van der Waals surface area contributed by atoms with Crippen molar-refractivity contribution in [3.8, 4) is 0 Å². The summed E-state index contributed by atoms with van der Waals surface area (Å²) in [5, 5.41) is 0. The van der Waals surface area contributed by atoms with Gasteiger partial charge in [-0.05, 0) is 30.5 Å². The molecule has 0 aliphatic rings. The van der Waals surface area contributed by atoms with Crippen molar-refractivity contribution in [2.75, 3.05) is 7.11 Å². The standard InChI is InChI=1S/C13H17NO2/c1-3-4-8-12(14)10-6-5-7-11(9-10)13(15)16-2/h3,5-7,9,12H,1,4,8,14H2,2H3/t12-/m1/s1. The smallest absolute Gasteiger partial charge is 0.337 e. The van der Waals surface area contributed by atoms with Crippen LogP contribution in [0.3, 0.4) is 0 Å². The van der Waals surface area contributed by atoms with Crippen LogP contribution >= 0.6 is 0 Å². The molecule has 0 aliphatic carbocycles. The van der Waals surface area contributed by atoms with Crippen molar-refractivity contribution in [1.82, 2.24) is 0 Å². The number of carbonyl (C=O) groups excluding carboxylic acids is 1. The fourth-order valence-electron chi connectivity index (χ4n) is 1.48. The lowest BCUT2D eigenvalue weighted by atomic mass is 10.0. The molecule has 0 heterocycles. The zero-order chi connectivity index (χ0) is 12.0. The number of hydrogen-bond donors (Lipinski definition) is 1. The van der Waals surface area contributed by atoms with E-state index in [4.69, 9.17) is 5.73 Å². The maximum absolute atomic E-state index is 11.3. The Labute approximate surface area is 95.9 Å². The number of carbonyl (C=O) groups is 1. The molecule has 2 N–H and O–H groups in total. The fraction of sp³-hybridized carbons (Fsp3) is 0.308. The van der Waals surface area contributed by atoms with E-state index in [9.17, 15) is 4.79 Å². The van der Waals surface area contributed by atoms with E-state index in [0.29, 0.717) is 5.56 Å². The summed E-state index contributed by atoms with van der Waals surface area (Å²) in [6.07, 6.45) is 3.53. The van der Waals surface area contributed by atoms with Crippen LogP contribution in [0.1, 0.15) is 34.8 Å². The molecular weight excluding hydrogens is 202 g/mol. The third-order valence-electron chi connectivity index (χ3n) is 2.42. The first-order valence-corrected chi connectivity index (χ1v) is 5.23. The molecular formula is C13H17NO2. The highest BCUT2D eigenvalue weighted by molar-refractivity contribution is 5.89. The molecule has 1 aromatic carbocycles. The van der Waals surface area contributed by atoms with Crippen LogP contribution in [-0.4, -0.2) is 13.1 Å². The molecule has 1 atom stereocenters. The molecule has 0 saturated carbocycles. The van der Waals surface area contributed by atoms with Gasteiger partial charge in [0, 0.05) is 6.04 Å². The van der Waals surface area contributed by atoms with Crippen LogP contribution in [0, 0.1) is 0 Å².